The van der Waals surface area contributed by atoms with Crippen molar-refractivity contribution in [3.8, 4) is 5.75 Å². The summed E-state index contributed by atoms with van der Waals surface area (Å²) < 4.78 is 5.56. The van der Waals surface area contributed by atoms with Gasteiger partial charge in [0.25, 0.3) is 0 Å². The molecule has 0 aromatic heterocycles. The number of rotatable bonds is 1. The Morgan fingerprint density at radius 3 is 3.00 bits per heavy atom. The largest absolute Gasteiger partial charge is 0.493 e. The van der Waals surface area contributed by atoms with Gasteiger partial charge in [-0.25, -0.2) is 0 Å². The van der Waals surface area contributed by atoms with Crippen LogP contribution < -0.4 is 4.74 Å². The molecule has 3 rings (SSSR count). The Morgan fingerprint density at radius 1 is 1.18 bits per heavy atom. The first-order chi connectivity index (χ1) is 8.33. The molecular weight excluding hydrogens is 232 g/mol. The van der Waals surface area contributed by atoms with E-state index in [0.29, 0.717) is 11.3 Å². The number of halogens is 1. The molecule has 2 unspecified atom stereocenters. The van der Waals surface area contributed by atoms with Crippen LogP contribution in [0.25, 0.3) is 0 Å². The van der Waals surface area contributed by atoms with Crippen molar-refractivity contribution in [1.82, 2.24) is 0 Å². The molecule has 0 saturated heterocycles. The second-order valence-corrected chi connectivity index (χ2v) is 5.90. The molecule has 1 aromatic rings. The first-order valence-electron chi connectivity index (χ1n) is 6.72. The van der Waals surface area contributed by atoms with E-state index in [9.17, 15) is 0 Å². The summed E-state index contributed by atoms with van der Waals surface area (Å²) in [5.41, 5.74) is 2.86. The number of hydrogen-bond acceptors (Lipinski definition) is 1. The fourth-order valence-corrected chi connectivity index (χ4v) is 3.43. The van der Waals surface area contributed by atoms with E-state index in [2.05, 4.69) is 18.2 Å². The van der Waals surface area contributed by atoms with Gasteiger partial charge in [-0.1, -0.05) is 25.0 Å². The molecule has 2 aliphatic rings. The van der Waals surface area contributed by atoms with Gasteiger partial charge in [0.15, 0.2) is 0 Å². The lowest BCUT2D eigenvalue weighted by atomic mass is 9.90. The predicted molar refractivity (Wildman–Crippen MR) is 71.1 cm³/mol. The summed E-state index contributed by atoms with van der Waals surface area (Å²) in [6.07, 6.45) is 7.30. The van der Waals surface area contributed by atoms with E-state index in [0.717, 1.165) is 25.2 Å². The minimum atomic E-state index is 0.368. The van der Waals surface area contributed by atoms with Crippen molar-refractivity contribution >= 4 is 11.6 Å². The quantitative estimate of drug-likeness (QED) is 0.534. The molecule has 1 fully saturated rings. The minimum absolute atomic E-state index is 0.368. The summed E-state index contributed by atoms with van der Waals surface area (Å²) in [5, 5.41) is 0.368. The van der Waals surface area contributed by atoms with Crippen LogP contribution in [-0.4, -0.2) is 12.0 Å². The van der Waals surface area contributed by atoms with Crippen LogP contribution in [0.2, 0.25) is 0 Å². The molecule has 2 atom stereocenters. The summed E-state index contributed by atoms with van der Waals surface area (Å²) in [4.78, 5) is 0. The smallest absolute Gasteiger partial charge is 0.122 e. The van der Waals surface area contributed by atoms with Gasteiger partial charge in [0.1, 0.15) is 5.75 Å². The summed E-state index contributed by atoms with van der Waals surface area (Å²) in [5.74, 6) is 1.75. The van der Waals surface area contributed by atoms with Gasteiger partial charge in [-0.15, -0.1) is 11.6 Å². The molecule has 0 bridgehead atoms. The highest BCUT2D eigenvalue weighted by Crippen LogP contribution is 2.36. The van der Waals surface area contributed by atoms with E-state index < -0.39 is 0 Å². The van der Waals surface area contributed by atoms with E-state index in [1.54, 1.807) is 0 Å². The van der Waals surface area contributed by atoms with E-state index >= 15 is 0 Å². The molecule has 17 heavy (non-hydrogen) atoms. The van der Waals surface area contributed by atoms with Crippen molar-refractivity contribution in [3.63, 3.8) is 0 Å². The maximum atomic E-state index is 6.36. The molecule has 2 heteroatoms. The highest BCUT2D eigenvalue weighted by molar-refractivity contribution is 6.20. The molecule has 0 N–H and O–H groups in total. The summed E-state index contributed by atoms with van der Waals surface area (Å²) >= 11 is 6.36. The van der Waals surface area contributed by atoms with Crippen molar-refractivity contribution in [2.75, 3.05) is 6.61 Å². The van der Waals surface area contributed by atoms with E-state index in [1.807, 2.05) is 0 Å². The second kappa shape index (κ2) is 4.89. The molecule has 1 aromatic carbocycles. The van der Waals surface area contributed by atoms with E-state index in [-0.39, 0.29) is 0 Å². The van der Waals surface area contributed by atoms with Crippen LogP contribution in [0.15, 0.2) is 18.2 Å². The molecule has 1 saturated carbocycles. The topological polar surface area (TPSA) is 9.23 Å². The van der Waals surface area contributed by atoms with Gasteiger partial charge >= 0.3 is 0 Å². The molecule has 0 radical (unpaired) electrons. The monoisotopic (exact) mass is 250 g/mol. The molecule has 1 aliphatic carbocycles. The number of benzene rings is 1. The maximum Gasteiger partial charge on any atom is 0.122 e. The number of hydrogen-bond donors (Lipinski definition) is 0. The van der Waals surface area contributed by atoms with Crippen molar-refractivity contribution < 1.29 is 4.74 Å². The van der Waals surface area contributed by atoms with Gasteiger partial charge in [-0.2, -0.15) is 0 Å². The number of ether oxygens (including phenoxy) is 1. The number of alkyl halides is 1. The van der Waals surface area contributed by atoms with Gasteiger partial charge in [0.05, 0.1) is 6.61 Å². The van der Waals surface area contributed by atoms with Gasteiger partial charge in [-0.3, -0.25) is 0 Å². The van der Waals surface area contributed by atoms with Crippen molar-refractivity contribution in [1.29, 1.82) is 0 Å². The Balaban J connectivity index is 1.82. The van der Waals surface area contributed by atoms with Crippen molar-refractivity contribution in [3.05, 3.63) is 29.3 Å². The van der Waals surface area contributed by atoms with Gasteiger partial charge in [-0.05, 0) is 42.4 Å². The predicted octanol–water partition coefficient (Wildman–Crippen LogP) is 4.28. The van der Waals surface area contributed by atoms with Crippen molar-refractivity contribution in [2.24, 2.45) is 0 Å². The third kappa shape index (κ3) is 2.44. The molecule has 0 amide bonds. The zero-order valence-electron chi connectivity index (χ0n) is 10.1. The molecule has 1 aliphatic heterocycles. The van der Waals surface area contributed by atoms with Crippen LogP contribution in [0.3, 0.4) is 0 Å². The molecule has 0 spiro atoms. The fraction of sp³-hybridized carbons (Fsp3) is 0.600. The van der Waals surface area contributed by atoms with Crippen LogP contribution in [0.4, 0.5) is 0 Å². The molecule has 92 valence electrons. The van der Waals surface area contributed by atoms with Gasteiger partial charge in [0, 0.05) is 11.8 Å². The lowest BCUT2D eigenvalue weighted by Crippen LogP contribution is -2.04. The Morgan fingerprint density at radius 2 is 2.06 bits per heavy atom. The standard InChI is InChI=1S/C15H19ClO/c16-14-4-2-1-3-11(10-14)12-5-6-15-13(9-12)7-8-17-15/h5-6,9,11,14H,1-4,7-8,10H2. The van der Waals surface area contributed by atoms with E-state index in [4.69, 9.17) is 16.3 Å². The third-order valence-corrected chi connectivity index (χ3v) is 4.44. The average Bonchev–Trinajstić information content (AvgIpc) is 2.69. The zero-order valence-corrected chi connectivity index (χ0v) is 10.9. The van der Waals surface area contributed by atoms with Crippen LogP contribution in [-0.2, 0) is 6.42 Å². The Hall–Kier alpha value is -0.690. The summed E-state index contributed by atoms with van der Waals surface area (Å²) in [6, 6.07) is 6.73. The minimum Gasteiger partial charge on any atom is -0.493 e. The molecule has 1 heterocycles. The Kier molecular flexibility index (Phi) is 3.28. The first-order valence-corrected chi connectivity index (χ1v) is 7.16. The normalized spacial score (nSPS) is 28.3. The Labute approximate surface area is 108 Å². The summed E-state index contributed by atoms with van der Waals surface area (Å²) in [6.45, 7) is 0.849. The second-order valence-electron chi connectivity index (χ2n) is 5.28. The fourth-order valence-electron chi connectivity index (χ4n) is 3.06. The lowest BCUT2D eigenvalue weighted by molar-refractivity contribution is 0.356. The highest BCUT2D eigenvalue weighted by Gasteiger charge is 2.21. The van der Waals surface area contributed by atoms with E-state index in [1.165, 1.54) is 36.8 Å². The van der Waals surface area contributed by atoms with Crippen LogP contribution in [0.1, 0.15) is 49.1 Å². The van der Waals surface area contributed by atoms with Crippen LogP contribution in [0.5, 0.6) is 5.75 Å². The van der Waals surface area contributed by atoms with Crippen LogP contribution >= 0.6 is 11.6 Å². The SMILES string of the molecule is ClC1CCCCC(c2ccc3c(c2)CCO3)C1. The average molecular weight is 251 g/mol. The third-order valence-electron chi connectivity index (χ3n) is 4.05. The van der Waals surface area contributed by atoms with Crippen molar-refractivity contribution in [2.45, 2.75) is 49.8 Å². The number of fused-ring (bicyclic) bond motifs is 1. The highest BCUT2D eigenvalue weighted by atomic mass is 35.5. The first kappa shape index (κ1) is 11.4. The van der Waals surface area contributed by atoms with Gasteiger partial charge in [0.2, 0.25) is 0 Å². The molecular formula is C15H19ClO. The molecule has 1 nitrogen and oxygen atoms in total. The Bertz CT molecular complexity index is 402. The maximum absolute atomic E-state index is 6.36. The zero-order chi connectivity index (χ0) is 11.7. The summed E-state index contributed by atoms with van der Waals surface area (Å²) in [7, 11) is 0. The van der Waals surface area contributed by atoms with Gasteiger partial charge < -0.3 is 4.74 Å². The van der Waals surface area contributed by atoms with Crippen LogP contribution in [0, 0.1) is 0 Å². The lowest BCUT2D eigenvalue weighted by Gasteiger charge is -2.17.